The van der Waals surface area contributed by atoms with E-state index in [-0.39, 0.29) is 15.6 Å². The molecule has 0 saturated carbocycles. The van der Waals surface area contributed by atoms with Crippen LogP contribution in [-0.4, -0.2) is 34.3 Å². The first-order chi connectivity index (χ1) is 17.6. The number of carbonyl (C=O) groups is 1. The van der Waals surface area contributed by atoms with Gasteiger partial charge in [-0.25, -0.2) is 26.1 Å². The lowest BCUT2D eigenvalue weighted by atomic mass is 10.2. The minimum atomic E-state index is -4.08. The number of aryl methyl sites for hydroxylation is 1. The third kappa shape index (κ3) is 6.32. The molecule has 0 unspecified atom stereocenters. The molecule has 0 fully saturated rings. The second-order valence-corrected chi connectivity index (χ2v) is 11.6. The Bertz CT molecular complexity index is 1590. The number of amides is 1. The molecule has 0 saturated heterocycles. The van der Waals surface area contributed by atoms with Crippen molar-refractivity contribution in [1.82, 2.24) is 4.98 Å². The minimum Gasteiger partial charge on any atom is -0.325 e. The quantitative estimate of drug-likeness (QED) is 0.333. The van der Waals surface area contributed by atoms with Crippen LogP contribution < -0.4 is 14.3 Å². The number of hydrogen-bond acceptors (Lipinski definition) is 6. The molecule has 190 valence electrons. The van der Waals surface area contributed by atoms with Crippen LogP contribution in [0.5, 0.6) is 0 Å². The van der Waals surface area contributed by atoms with E-state index in [0.717, 1.165) is 9.87 Å². The molecule has 0 atom stereocenters. The van der Waals surface area contributed by atoms with Crippen molar-refractivity contribution in [3.05, 3.63) is 109 Å². The summed E-state index contributed by atoms with van der Waals surface area (Å²) in [5.74, 6) is -0.538. The van der Waals surface area contributed by atoms with E-state index in [1.165, 1.54) is 48.7 Å². The third-order valence-electron chi connectivity index (χ3n) is 5.24. The van der Waals surface area contributed by atoms with Crippen LogP contribution >= 0.6 is 0 Å². The molecule has 9 nitrogen and oxygen atoms in total. The fraction of sp³-hybridized carbons (Fsp3) is 0.0769. The number of nitrogens with one attached hydrogen (secondary N) is 2. The molecule has 37 heavy (non-hydrogen) atoms. The molecule has 1 amide bonds. The maximum Gasteiger partial charge on any atom is 0.265 e. The van der Waals surface area contributed by atoms with Crippen molar-refractivity contribution in [1.29, 1.82) is 0 Å². The highest BCUT2D eigenvalue weighted by molar-refractivity contribution is 7.93. The first-order valence-electron chi connectivity index (χ1n) is 11.1. The van der Waals surface area contributed by atoms with Gasteiger partial charge in [0.1, 0.15) is 12.4 Å². The van der Waals surface area contributed by atoms with Crippen LogP contribution in [0.2, 0.25) is 0 Å². The Kier molecular flexibility index (Phi) is 7.55. The summed E-state index contributed by atoms with van der Waals surface area (Å²) in [6.07, 6.45) is 1.44. The summed E-state index contributed by atoms with van der Waals surface area (Å²) < 4.78 is 55.4. The van der Waals surface area contributed by atoms with Gasteiger partial charge in [0, 0.05) is 17.6 Å². The highest BCUT2D eigenvalue weighted by Crippen LogP contribution is 2.22. The number of rotatable bonds is 9. The van der Waals surface area contributed by atoms with Crippen LogP contribution in [0.4, 0.5) is 17.2 Å². The van der Waals surface area contributed by atoms with Crippen LogP contribution in [0.3, 0.4) is 0 Å². The summed E-state index contributed by atoms with van der Waals surface area (Å²) in [6.45, 7) is 1.32. The lowest BCUT2D eigenvalue weighted by molar-refractivity contribution is -0.114. The normalized spacial score (nSPS) is 11.5. The first kappa shape index (κ1) is 25.9. The van der Waals surface area contributed by atoms with Gasteiger partial charge in [0.15, 0.2) is 0 Å². The third-order valence-corrected chi connectivity index (χ3v) is 8.40. The Morgan fingerprint density at radius 3 is 2.14 bits per heavy atom. The van der Waals surface area contributed by atoms with E-state index in [4.69, 9.17) is 0 Å². The molecule has 0 aliphatic heterocycles. The lowest BCUT2D eigenvalue weighted by Crippen LogP contribution is -2.38. The molecule has 0 bridgehead atoms. The van der Waals surface area contributed by atoms with E-state index in [9.17, 15) is 21.6 Å². The zero-order chi connectivity index (χ0) is 26.5. The molecule has 11 heteroatoms. The lowest BCUT2D eigenvalue weighted by Gasteiger charge is -2.23. The van der Waals surface area contributed by atoms with Gasteiger partial charge < -0.3 is 5.32 Å². The summed E-state index contributed by atoms with van der Waals surface area (Å²) in [6, 6.07) is 25.0. The van der Waals surface area contributed by atoms with Gasteiger partial charge in [-0.3, -0.25) is 9.52 Å². The molecule has 1 aromatic heterocycles. The van der Waals surface area contributed by atoms with E-state index in [2.05, 4.69) is 15.0 Å². The molecule has 3 aromatic carbocycles. The first-order valence-corrected chi connectivity index (χ1v) is 14.1. The van der Waals surface area contributed by atoms with Gasteiger partial charge in [-0.2, -0.15) is 0 Å². The van der Waals surface area contributed by atoms with Crippen molar-refractivity contribution >= 4 is 43.1 Å². The fourth-order valence-corrected chi connectivity index (χ4v) is 5.93. The maximum absolute atomic E-state index is 13.3. The number of nitrogens with zero attached hydrogens (tertiary/aromatic N) is 2. The molecule has 0 aliphatic rings. The highest BCUT2D eigenvalue weighted by atomic mass is 32.2. The Balaban J connectivity index is 1.50. The van der Waals surface area contributed by atoms with Crippen LogP contribution in [0, 0.1) is 6.92 Å². The molecular formula is C26H24N4O5S2. The van der Waals surface area contributed by atoms with Gasteiger partial charge in [0.25, 0.3) is 20.0 Å². The van der Waals surface area contributed by atoms with Crippen molar-refractivity contribution in [2.24, 2.45) is 0 Å². The zero-order valence-electron chi connectivity index (χ0n) is 19.8. The van der Waals surface area contributed by atoms with Crippen LogP contribution in [0.1, 0.15) is 5.56 Å². The molecule has 0 radical (unpaired) electrons. The van der Waals surface area contributed by atoms with Gasteiger partial charge in [-0.05, 0) is 73.2 Å². The minimum absolute atomic E-state index is 0.00812. The van der Waals surface area contributed by atoms with Gasteiger partial charge in [0.05, 0.1) is 9.79 Å². The number of carbonyl (C=O) groups excluding carboxylic acids is 1. The Hall–Kier alpha value is -4.22. The number of anilines is 3. The van der Waals surface area contributed by atoms with Gasteiger partial charge in [0.2, 0.25) is 5.91 Å². The highest BCUT2D eigenvalue weighted by Gasteiger charge is 2.28. The molecule has 2 N–H and O–H groups in total. The van der Waals surface area contributed by atoms with E-state index in [1.54, 1.807) is 48.5 Å². The number of aromatic nitrogens is 1. The van der Waals surface area contributed by atoms with E-state index in [1.807, 2.05) is 13.0 Å². The van der Waals surface area contributed by atoms with Gasteiger partial charge in [-0.15, -0.1) is 0 Å². The van der Waals surface area contributed by atoms with Crippen LogP contribution in [-0.2, 0) is 24.8 Å². The maximum atomic E-state index is 13.3. The number of benzene rings is 3. The van der Waals surface area contributed by atoms with E-state index < -0.39 is 32.5 Å². The van der Waals surface area contributed by atoms with E-state index >= 15 is 0 Å². The predicted octanol–water partition coefficient (Wildman–Crippen LogP) is 4.02. The van der Waals surface area contributed by atoms with Gasteiger partial charge >= 0.3 is 0 Å². The van der Waals surface area contributed by atoms with Crippen molar-refractivity contribution in [3.63, 3.8) is 0 Å². The summed E-state index contributed by atoms with van der Waals surface area (Å²) in [7, 11) is -7.92. The smallest absolute Gasteiger partial charge is 0.265 e. The molecule has 4 rings (SSSR count). The monoisotopic (exact) mass is 536 g/mol. The second-order valence-electron chi connectivity index (χ2n) is 8.06. The summed E-state index contributed by atoms with van der Waals surface area (Å²) in [5, 5.41) is 2.61. The van der Waals surface area contributed by atoms with Crippen molar-refractivity contribution in [2.45, 2.75) is 16.7 Å². The van der Waals surface area contributed by atoms with Crippen molar-refractivity contribution < 1.29 is 21.6 Å². The summed E-state index contributed by atoms with van der Waals surface area (Å²) >= 11 is 0. The molecule has 0 aliphatic carbocycles. The fourth-order valence-electron chi connectivity index (χ4n) is 3.48. The summed E-state index contributed by atoms with van der Waals surface area (Å²) in [4.78, 5) is 17.0. The average Bonchev–Trinajstić information content (AvgIpc) is 2.88. The largest absolute Gasteiger partial charge is 0.325 e. The molecular weight excluding hydrogens is 512 g/mol. The second kappa shape index (κ2) is 10.8. The zero-order valence-corrected chi connectivity index (χ0v) is 21.4. The van der Waals surface area contributed by atoms with Gasteiger partial charge in [-0.1, -0.05) is 36.4 Å². The number of sulfonamides is 2. The predicted molar refractivity (Wildman–Crippen MR) is 142 cm³/mol. The topological polar surface area (TPSA) is 126 Å². The Labute approximate surface area is 215 Å². The SMILES string of the molecule is Cc1cccc(NS(=O)(=O)c2ccc(NC(=O)CN(c3ccccn3)S(=O)(=O)c3ccccc3)cc2)c1. The van der Waals surface area contributed by atoms with Crippen molar-refractivity contribution in [2.75, 3.05) is 20.9 Å². The molecule has 0 spiro atoms. The molecule has 1 heterocycles. The Morgan fingerprint density at radius 1 is 0.784 bits per heavy atom. The Morgan fingerprint density at radius 2 is 1.49 bits per heavy atom. The summed E-state index contributed by atoms with van der Waals surface area (Å²) in [5.41, 5.74) is 1.65. The number of pyridine rings is 1. The number of hydrogen-bond donors (Lipinski definition) is 2. The van der Waals surface area contributed by atoms with Crippen LogP contribution in [0.15, 0.2) is 113 Å². The van der Waals surface area contributed by atoms with Crippen LogP contribution in [0.25, 0.3) is 0 Å². The average molecular weight is 537 g/mol. The molecule has 4 aromatic rings. The standard InChI is InChI=1S/C26H24N4O5S2/c1-20-8-7-9-22(18-20)29-36(32,33)23-15-13-21(14-16-23)28-26(31)19-30(25-12-5-6-17-27-25)37(34,35)24-10-3-2-4-11-24/h2-18,29H,19H2,1H3,(H,28,31). The van der Waals surface area contributed by atoms with E-state index in [0.29, 0.717) is 11.4 Å². The van der Waals surface area contributed by atoms with Crippen molar-refractivity contribution in [3.8, 4) is 0 Å².